The second-order valence-electron chi connectivity index (χ2n) is 7.09. The fourth-order valence-electron chi connectivity index (χ4n) is 3.54. The standard InChI is InChI=1S/C24H18FN3OS2/c25-18-8-6-17(7-9-18)19-15-31-24(26-19)27-23(29)21-14-22-20(11-13-30-22)28(21)12-10-16-4-2-1-3-5-16/h1-9,11,13-15H,10,12H2,(H,26,27,29). The maximum absolute atomic E-state index is 13.2. The molecule has 4 nitrogen and oxygen atoms in total. The number of rotatable bonds is 6. The first kappa shape index (κ1) is 19.7. The maximum atomic E-state index is 13.2. The lowest BCUT2D eigenvalue weighted by atomic mass is 10.1. The molecule has 3 aromatic heterocycles. The Kier molecular flexibility index (Phi) is 5.36. The highest BCUT2D eigenvalue weighted by Crippen LogP contribution is 2.28. The zero-order valence-corrected chi connectivity index (χ0v) is 18.0. The van der Waals surface area contributed by atoms with Gasteiger partial charge in [-0.2, -0.15) is 0 Å². The van der Waals surface area contributed by atoms with Gasteiger partial charge in [-0.05, 0) is 53.8 Å². The third-order valence-corrected chi connectivity index (χ3v) is 6.70. The zero-order valence-electron chi connectivity index (χ0n) is 16.4. The first-order chi connectivity index (χ1) is 15.2. The molecule has 0 aliphatic carbocycles. The second kappa shape index (κ2) is 8.45. The summed E-state index contributed by atoms with van der Waals surface area (Å²) in [4.78, 5) is 17.6. The Balaban J connectivity index is 1.37. The van der Waals surface area contributed by atoms with E-state index in [1.54, 1.807) is 23.5 Å². The van der Waals surface area contributed by atoms with Crippen molar-refractivity contribution in [3.05, 3.63) is 94.6 Å². The molecule has 7 heteroatoms. The number of aryl methyl sites for hydroxylation is 2. The lowest BCUT2D eigenvalue weighted by molar-refractivity contribution is 0.101. The van der Waals surface area contributed by atoms with Gasteiger partial charge < -0.3 is 4.57 Å². The predicted molar refractivity (Wildman–Crippen MR) is 125 cm³/mol. The van der Waals surface area contributed by atoms with Crippen LogP contribution in [0.25, 0.3) is 21.5 Å². The molecule has 0 bridgehead atoms. The fraction of sp³-hybridized carbons (Fsp3) is 0.0833. The number of halogens is 1. The number of amides is 1. The summed E-state index contributed by atoms with van der Waals surface area (Å²) in [5.74, 6) is -0.472. The van der Waals surface area contributed by atoms with Crippen LogP contribution in [0.4, 0.5) is 9.52 Å². The molecule has 0 unspecified atom stereocenters. The van der Waals surface area contributed by atoms with Gasteiger partial charge in [-0.15, -0.1) is 22.7 Å². The highest BCUT2D eigenvalue weighted by Gasteiger charge is 2.18. The number of carbonyl (C=O) groups is 1. The van der Waals surface area contributed by atoms with Crippen LogP contribution in [0.3, 0.4) is 0 Å². The topological polar surface area (TPSA) is 46.9 Å². The van der Waals surface area contributed by atoms with E-state index in [0.717, 1.165) is 22.2 Å². The number of hydrogen-bond donors (Lipinski definition) is 1. The Morgan fingerprint density at radius 2 is 1.84 bits per heavy atom. The zero-order chi connectivity index (χ0) is 21.2. The van der Waals surface area contributed by atoms with Crippen molar-refractivity contribution in [3.63, 3.8) is 0 Å². The summed E-state index contributed by atoms with van der Waals surface area (Å²) < 4.78 is 16.3. The molecular weight excluding hydrogens is 429 g/mol. The van der Waals surface area contributed by atoms with E-state index in [9.17, 15) is 9.18 Å². The van der Waals surface area contributed by atoms with Crippen LogP contribution in [0.1, 0.15) is 16.1 Å². The Morgan fingerprint density at radius 1 is 1.03 bits per heavy atom. The van der Waals surface area contributed by atoms with Crippen LogP contribution in [0.5, 0.6) is 0 Å². The summed E-state index contributed by atoms with van der Waals surface area (Å²) in [6, 6.07) is 20.4. The van der Waals surface area contributed by atoms with Crippen LogP contribution in [0.15, 0.2) is 77.5 Å². The lowest BCUT2D eigenvalue weighted by Crippen LogP contribution is -2.17. The van der Waals surface area contributed by atoms with Crippen molar-refractivity contribution in [2.24, 2.45) is 0 Å². The molecule has 0 spiro atoms. The molecular formula is C24H18FN3OS2. The van der Waals surface area contributed by atoms with E-state index in [2.05, 4.69) is 33.1 Å². The molecule has 5 rings (SSSR count). The molecule has 31 heavy (non-hydrogen) atoms. The number of thiazole rings is 1. The van der Waals surface area contributed by atoms with Crippen LogP contribution < -0.4 is 5.32 Å². The van der Waals surface area contributed by atoms with Gasteiger partial charge in [0.25, 0.3) is 5.91 Å². The number of hydrogen-bond acceptors (Lipinski definition) is 4. The van der Waals surface area contributed by atoms with E-state index < -0.39 is 0 Å². The molecule has 2 aromatic carbocycles. The molecule has 1 N–H and O–H groups in total. The smallest absolute Gasteiger partial charge is 0.274 e. The average Bonchev–Trinajstić information content (AvgIpc) is 3.50. The third-order valence-electron chi connectivity index (χ3n) is 5.09. The van der Waals surface area contributed by atoms with Gasteiger partial charge >= 0.3 is 0 Å². The molecule has 3 heterocycles. The minimum Gasteiger partial charge on any atom is -0.335 e. The Hall–Kier alpha value is -3.29. The fourth-order valence-corrected chi connectivity index (χ4v) is 5.07. The highest BCUT2D eigenvalue weighted by atomic mass is 32.1. The number of nitrogens with one attached hydrogen (secondary N) is 1. The number of aromatic nitrogens is 2. The average molecular weight is 448 g/mol. The summed E-state index contributed by atoms with van der Waals surface area (Å²) in [6.07, 6.45) is 0.840. The molecule has 0 aliphatic heterocycles. The van der Waals surface area contributed by atoms with Gasteiger partial charge in [0.15, 0.2) is 5.13 Å². The predicted octanol–water partition coefficient (Wildman–Crippen LogP) is 6.46. The van der Waals surface area contributed by atoms with Gasteiger partial charge in [0, 0.05) is 17.5 Å². The second-order valence-corrected chi connectivity index (χ2v) is 8.89. The van der Waals surface area contributed by atoms with Crippen molar-refractivity contribution in [3.8, 4) is 11.3 Å². The quantitative estimate of drug-likeness (QED) is 0.325. The summed E-state index contributed by atoms with van der Waals surface area (Å²) >= 11 is 2.98. The van der Waals surface area contributed by atoms with Crippen LogP contribution in [-0.4, -0.2) is 15.5 Å². The highest BCUT2D eigenvalue weighted by molar-refractivity contribution is 7.17. The molecule has 0 atom stereocenters. The molecule has 154 valence electrons. The molecule has 0 saturated heterocycles. The van der Waals surface area contributed by atoms with Crippen LogP contribution in [0.2, 0.25) is 0 Å². The number of nitrogens with zero attached hydrogens (tertiary/aromatic N) is 2. The molecule has 0 fully saturated rings. The van der Waals surface area contributed by atoms with Gasteiger partial charge in [0.1, 0.15) is 11.5 Å². The van der Waals surface area contributed by atoms with E-state index >= 15 is 0 Å². The van der Waals surface area contributed by atoms with Gasteiger partial charge in [0.2, 0.25) is 0 Å². The Labute approximate surface area is 186 Å². The number of fused-ring (bicyclic) bond motifs is 1. The summed E-state index contributed by atoms with van der Waals surface area (Å²) in [5, 5.41) is 7.34. The van der Waals surface area contributed by atoms with Crippen molar-refractivity contribution in [1.29, 1.82) is 0 Å². The van der Waals surface area contributed by atoms with Crippen LogP contribution in [-0.2, 0) is 13.0 Å². The van der Waals surface area contributed by atoms with Crippen molar-refractivity contribution < 1.29 is 9.18 Å². The van der Waals surface area contributed by atoms with Crippen molar-refractivity contribution in [2.45, 2.75) is 13.0 Å². The number of thiophene rings is 1. The normalized spacial score (nSPS) is 11.1. The Bertz CT molecular complexity index is 1340. The van der Waals surface area contributed by atoms with Crippen LogP contribution >= 0.6 is 22.7 Å². The van der Waals surface area contributed by atoms with Gasteiger partial charge in [0.05, 0.1) is 15.9 Å². The number of carbonyl (C=O) groups excluding carboxylic acids is 1. The third kappa shape index (κ3) is 4.15. The minimum atomic E-state index is -0.288. The lowest BCUT2D eigenvalue weighted by Gasteiger charge is -2.10. The van der Waals surface area contributed by atoms with E-state index in [1.165, 1.54) is 29.0 Å². The number of benzene rings is 2. The number of anilines is 1. The molecule has 0 radical (unpaired) electrons. The van der Waals surface area contributed by atoms with E-state index in [-0.39, 0.29) is 11.7 Å². The van der Waals surface area contributed by atoms with Crippen molar-refractivity contribution in [1.82, 2.24) is 9.55 Å². The molecule has 1 amide bonds. The van der Waals surface area contributed by atoms with Gasteiger partial charge in [-0.25, -0.2) is 9.37 Å². The monoisotopic (exact) mass is 447 g/mol. The largest absolute Gasteiger partial charge is 0.335 e. The summed E-state index contributed by atoms with van der Waals surface area (Å²) in [7, 11) is 0. The Morgan fingerprint density at radius 3 is 2.65 bits per heavy atom. The van der Waals surface area contributed by atoms with Crippen LogP contribution in [0, 0.1) is 5.82 Å². The first-order valence-corrected chi connectivity index (χ1v) is 11.6. The van der Waals surface area contributed by atoms with E-state index in [1.807, 2.05) is 35.0 Å². The van der Waals surface area contributed by atoms with Gasteiger partial charge in [-0.1, -0.05) is 30.3 Å². The molecule has 0 aliphatic rings. The minimum absolute atomic E-state index is 0.184. The SMILES string of the molecule is O=C(Nc1nc(-c2ccc(F)cc2)cs1)c1cc2sccc2n1CCc1ccccc1. The van der Waals surface area contributed by atoms with Gasteiger partial charge in [-0.3, -0.25) is 10.1 Å². The van der Waals surface area contributed by atoms with E-state index in [4.69, 9.17) is 0 Å². The molecule has 5 aromatic rings. The van der Waals surface area contributed by atoms with E-state index in [0.29, 0.717) is 23.1 Å². The maximum Gasteiger partial charge on any atom is 0.274 e. The molecule has 0 saturated carbocycles. The van der Waals surface area contributed by atoms with Crippen molar-refractivity contribution >= 4 is 43.9 Å². The summed E-state index contributed by atoms with van der Waals surface area (Å²) in [6.45, 7) is 0.714. The van der Waals surface area contributed by atoms with Crippen molar-refractivity contribution in [2.75, 3.05) is 5.32 Å². The first-order valence-electron chi connectivity index (χ1n) is 9.81. The summed E-state index contributed by atoms with van der Waals surface area (Å²) in [5.41, 5.74) is 4.44.